The Morgan fingerprint density at radius 2 is 1.82 bits per heavy atom. The van der Waals surface area contributed by atoms with E-state index in [2.05, 4.69) is 5.10 Å². The first kappa shape index (κ1) is 19.6. The molecule has 0 aliphatic carbocycles. The molecule has 146 valence electrons. The van der Waals surface area contributed by atoms with Crippen molar-refractivity contribution in [3.8, 4) is 0 Å². The molecular formula is C20H16F4N2O2. The number of alkyl halides is 3. The van der Waals surface area contributed by atoms with Crippen molar-refractivity contribution in [2.75, 3.05) is 0 Å². The molecule has 1 N–H and O–H groups in total. The topological polar surface area (TPSA) is 55.1 Å². The zero-order chi connectivity index (χ0) is 20.5. The number of rotatable bonds is 5. The van der Waals surface area contributed by atoms with E-state index in [1.807, 2.05) is 0 Å². The van der Waals surface area contributed by atoms with E-state index >= 15 is 0 Å². The highest BCUT2D eigenvalue weighted by Crippen LogP contribution is 2.31. The van der Waals surface area contributed by atoms with Crippen molar-refractivity contribution in [2.24, 2.45) is 7.05 Å². The number of aryl methyl sites for hydroxylation is 1. The lowest BCUT2D eigenvalue weighted by atomic mass is 10.0. The average molecular weight is 392 g/mol. The first-order valence-electron chi connectivity index (χ1n) is 8.32. The van der Waals surface area contributed by atoms with Gasteiger partial charge in [-0.15, -0.1) is 0 Å². The van der Waals surface area contributed by atoms with Crippen molar-refractivity contribution in [1.29, 1.82) is 0 Å². The maximum Gasteiger partial charge on any atom is 0.416 e. The Bertz CT molecular complexity index is 1030. The second kappa shape index (κ2) is 7.46. The summed E-state index contributed by atoms with van der Waals surface area (Å²) in [4.78, 5) is 11.1. The second-order valence-corrected chi connectivity index (χ2v) is 6.46. The van der Waals surface area contributed by atoms with Crippen molar-refractivity contribution in [3.05, 3.63) is 88.0 Å². The summed E-state index contributed by atoms with van der Waals surface area (Å²) >= 11 is 0. The number of carbonyl (C=O) groups is 1. The SMILES string of the molecule is Cn1nc(Cc2cc(F)cc(C(F)(F)F)c2)cc1Cc1cccc(C(=O)O)c1. The molecule has 28 heavy (non-hydrogen) atoms. The molecule has 3 rings (SSSR count). The predicted octanol–water partition coefficient (Wildman–Crippen LogP) is 4.46. The Labute approximate surface area is 158 Å². The minimum atomic E-state index is -4.62. The highest BCUT2D eigenvalue weighted by Gasteiger charge is 2.31. The number of benzene rings is 2. The highest BCUT2D eigenvalue weighted by atomic mass is 19.4. The molecule has 0 unspecified atom stereocenters. The van der Waals surface area contributed by atoms with Crippen molar-refractivity contribution in [1.82, 2.24) is 9.78 Å². The molecule has 0 aliphatic rings. The molecule has 8 heteroatoms. The zero-order valence-electron chi connectivity index (χ0n) is 14.8. The third-order valence-electron chi connectivity index (χ3n) is 4.26. The lowest BCUT2D eigenvalue weighted by molar-refractivity contribution is -0.137. The maximum atomic E-state index is 13.6. The fourth-order valence-corrected chi connectivity index (χ4v) is 2.97. The van der Waals surface area contributed by atoms with Crippen LogP contribution in [-0.4, -0.2) is 20.9 Å². The summed E-state index contributed by atoms with van der Waals surface area (Å²) in [6.45, 7) is 0. The average Bonchev–Trinajstić information content (AvgIpc) is 2.93. The van der Waals surface area contributed by atoms with E-state index in [1.54, 1.807) is 36.0 Å². The first-order chi connectivity index (χ1) is 13.1. The summed E-state index contributed by atoms with van der Waals surface area (Å²) in [7, 11) is 1.69. The Kier molecular flexibility index (Phi) is 5.22. The largest absolute Gasteiger partial charge is 0.478 e. The molecule has 0 aliphatic heterocycles. The van der Waals surface area contributed by atoms with E-state index in [0.717, 1.165) is 23.4 Å². The standard InChI is InChI=1S/C20H16F4N2O2/c1-26-18(9-12-3-2-4-14(5-12)19(27)28)11-17(25-26)8-13-6-15(20(22,23)24)10-16(21)7-13/h2-7,10-11H,8-9H2,1H3,(H,27,28). The summed E-state index contributed by atoms with van der Waals surface area (Å²) in [6.07, 6.45) is -4.17. The minimum absolute atomic E-state index is 0.0455. The smallest absolute Gasteiger partial charge is 0.416 e. The van der Waals surface area contributed by atoms with Gasteiger partial charge < -0.3 is 5.11 Å². The molecule has 0 saturated carbocycles. The molecule has 4 nitrogen and oxygen atoms in total. The van der Waals surface area contributed by atoms with Gasteiger partial charge in [-0.1, -0.05) is 12.1 Å². The lowest BCUT2D eigenvalue weighted by Crippen LogP contribution is -2.06. The third kappa shape index (κ3) is 4.57. The van der Waals surface area contributed by atoms with Crippen LogP contribution in [0.2, 0.25) is 0 Å². The maximum absolute atomic E-state index is 13.6. The minimum Gasteiger partial charge on any atom is -0.478 e. The van der Waals surface area contributed by atoms with Crippen molar-refractivity contribution in [2.45, 2.75) is 19.0 Å². The molecule has 1 heterocycles. The predicted molar refractivity (Wildman–Crippen MR) is 93.6 cm³/mol. The Morgan fingerprint density at radius 1 is 1.07 bits per heavy atom. The number of hydrogen-bond acceptors (Lipinski definition) is 2. The van der Waals surface area contributed by atoms with E-state index in [1.165, 1.54) is 6.07 Å². The highest BCUT2D eigenvalue weighted by molar-refractivity contribution is 5.87. The van der Waals surface area contributed by atoms with E-state index in [4.69, 9.17) is 5.11 Å². The molecule has 3 aromatic rings. The van der Waals surface area contributed by atoms with Gasteiger partial charge in [-0.3, -0.25) is 4.68 Å². The number of hydrogen-bond donors (Lipinski definition) is 1. The number of aromatic nitrogens is 2. The van der Waals surface area contributed by atoms with Gasteiger partial charge >= 0.3 is 12.1 Å². The molecule has 0 atom stereocenters. The normalized spacial score (nSPS) is 11.6. The van der Waals surface area contributed by atoms with Crippen molar-refractivity contribution >= 4 is 5.97 Å². The number of aromatic carboxylic acids is 1. The van der Waals surface area contributed by atoms with Gasteiger partial charge in [0.05, 0.1) is 16.8 Å². The summed E-state index contributed by atoms with van der Waals surface area (Å²) in [5.41, 5.74) is 1.31. The van der Waals surface area contributed by atoms with Crippen LogP contribution in [0.1, 0.15) is 38.4 Å². The van der Waals surface area contributed by atoms with Crippen LogP contribution in [0.4, 0.5) is 17.6 Å². The van der Waals surface area contributed by atoms with E-state index < -0.39 is 23.5 Å². The number of carboxylic acid groups (broad SMARTS) is 1. The molecule has 0 fully saturated rings. The monoisotopic (exact) mass is 392 g/mol. The van der Waals surface area contributed by atoms with E-state index in [9.17, 15) is 22.4 Å². The fraction of sp³-hybridized carbons (Fsp3) is 0.200. The molecule has 1 aromatic heterocycles. The van der Waals surface area contributed by atoms with Crippen LogP contribution >= 0.6 is 0 Å². The van der Waals surface area contributed by atoms with Gasteiger partial charge in [0, 0.05) is 25.6 Å². The van der Waals surface area contributed by atoms with Crippen LogP contribution in [-0.2, 0) is 26.1 Å². The summed E-state index contributed by atoms with van der Waals surface area (Å²) in [5, 5.41) is 13.3. The number of carboxylic acids is 1. The molecule has 0 amide bonds. The molecule has 0 bridgehead atoms. The molecular weight excluding hydrogens is 376 g/mol. The molecule has 0 spiro atoms. The van der Waals surface area contributed by atoms with Crippen LogP contribution < -0.4 is 0 Å². The summed E-state index contributed by atoms with van der Waals surface area (Å²) < 4.78 is 53.7. The van der Waals surface area contributed by atoms with Crippen LogP contribution in [0.3, 0.4) is 0 Å². The quantitative estimate of drug-likeness (QED) is 0.653. The van der Waals surface area contributed by atoms with Gasteiger partial charge in [0.25, 0.3) is 0 Å². The fourth-order valence-electron chi connectivity index (χ4n) is 2.97. The van der Waals surface area contributed by atoms with Gasteiger partial charge in [-0.05, 0) is 47.5 Å². The number of halogens is 4. The molecule has 2 aromatic carbocycles. The Hall–Kier alpha value is -3.16. The van der Waals surface area contributed by atoms with Gasteiger partial charge in [0.1, 0.15) is 5.82 Å². The van der Waals surface area contributed by atoms with Crippen LogP contribution in [0.5, 0.6) is 0 Å². The van der Waals surface area contributed by atoms with Crippen molar-refractivity contribution in [3.63, 3.8) is 0 Å². The van der Waals surface area contributed by atoms with Crippen LogP contribution in [0.25, 0.3) is 0 Å². The van der Waals surface area contributed by atoms with E-state index in [0.29, 0.717) is 18.2 Å². The molecule has 0 saturated heterocycles. The van der Waals surface area contributed by atoms with Gasteiger partial charge in [0.2, 0.25) is 0 Å². The Morgan fingerprint density at radius 3 is 2.50 bits per heavy atom. The second-order valence-electron chi connectivity index (χ2n) is 6.46. The van der Waals surface area contributed by atoms with Gasteiger partial charge in [0.15, 0.2) is 0 Å². The first-order valence-corrected chi connectivity index (χ1v) is 8.32. The third-order valence-corrected chi connectivity index (χ3v) is 4.26. The molecule has 0 radical (unpaired) electrons. The van der Waals surface area contributed by atoms with Crippen molar-refractivity contribution < 1.29 is 27.5 Å². The van der Waals surface area contributed by atoms with Crippen LogP contribution in [0, 0.1) is 5.82 Å². The van der Waals surface area contributed by atoms with Crippen LogP contribution in [0.15, 0.2) is 48.5 Å². The Balaban J connectivity index is 1.82. The number of nitrogens with zero attached hydrogens (tertiary/aromatic N) is 2. The zero-order valence-corrected chi connectivity index (χ0v) is 14.8. The van der Waals surface area contributed by atoms with Gasteiger partial charge in [-0.25, -0.2) is 9.18 Å². The summed E-state index contributed by atoms with van der Waals surface area (Å²) in [6, 6.07) is 10.6. The lowest BCUT2D eigenvalue weighted by Gasteiger charge is -2.08. The summed E-state index contributed by atoms with van der Waals surface area (Å²) in [5.74, 6) is -1.98. The van der Waals surface area contributed by atoms with Gasteiger partial charge in [-0.2, -0.15) is 18.3 Å². The van der Waals surface area contributed by atoms with E-state index in [-0.39, 0.29) is 17.5 Å².